The third-order valence-corrected chi connectivity index (χ3v) is 5.02. The molecule has 0 fully saturated rings. The van der Waals surface area contributed by atoms with Gasteiger partial charge < -0.3 is 20.5 Å². The second kappa shape index (κ2) is 8.58. The van der Waals surface area contributed by atoms with Crippen molar-refractivity contribution >= 4 is 6.03 Å². The minimum Gasteiger partial charge on any atom is -0.355 e. The van der Waals surface area contributed by atoms with E-state index in [1.165, 1.54) is 11.0 Å². The van der Waals surface area contributed by atoms with Gasteiger partial charge in [0, 0.05) is 44.2 Å². The van der Waals surface area contributed by atoms with Gasteiger partial charge in [-0.15, -0.1) is 0 Å². The number of urea groups is 1. The van der Waals surface area contributed by atoms with E-state index in [2.05, 4.69) is 11.1 Å². The van der Waals surface area contributed by atoms with Crippen molar-refractivity contribution in [1.29, 1.82) is 0 Å². The SMILES string of the molecule is [NH3+][C@@H](CCNC(=O)N1CCn2c(ccc2C(F)(F)F)C1)Cc1cc(F)c(F)cc1F. The number of rotatable bonds is 5. The molecule has 5 nitrogen and oxygen atoms in total. The van der Waals surface area contributed by atoms with Crippen molar-refractivity contribution in [3.63, 3.8) is 0 Å². The maximum atomic E-state index is 13.7. The van der Waals surface area contributed by atoms with Crippen molar-refractivity contribution in [2.75, 3.05) is 13.1 Å². The maximum Gasteiger partial charge on any atom is 0.431 e. The van der Waals surface area contributed by atoms with Gasteiger partial charge in [0.15, 0.2) is 11.6 Å². The lowest BCUT2D eigenvalue weighted by molar-refractivity contribution is -0.420. The van der Waals surface area contributed by atoms with E-state index in [9.17, 15) is 31.1 Å². The molecule has 1 atom stereocenters. The lowest BCUT2D eigenvalue weighted by atomic mass is 10.0. The van der Waals surface area contributed by atoms with Crippen LogP contribution in [0.1, 0.15) is 23.4 Å². The van der Waals surface area contributed by atoms with E-state index in [-0.39, 0.29) is 44.2 Å². The van der Waals surface area contributed by atoms with Crippen molar-refractivity contribution in [3.05, 3.63) is 58.7 Å². The minimum atomic E-state index is -4.45. The number of carbonyl (C=O) groups is 1. The molecule has 30 heavy (non-hydrogen) atoms. The Kier molecular flexibility index (Phi) is 6.30. The number of carbonyl (C=O) groups excluding carboxylic acids is 1. The Hall–Kier alpha value is -2.69. The molecular weight excluding hydrogens is 414 g/mol. The molecule has 1 aliphatic heterocycles. The van der Waals surface area contributed by atoms with Gasteiger partial charge in [0.25, 0.3) is 0 Å². The first kappa shape index (κ1) is 22.0. The molecule has 0 saturated heterocycles. The van der Waals surface area contributed by atoms with E-state index in [1.807, 2.05) is 0 Å². The zero-order valence-corrected chi connectivity index (χ0v) is 15.9. The van der Waals surface area contributed by atoms with E-state index >= 15 is 0 Å². The second-order valence-electron chi connectivity index (χ2n) is 7.23. The van der Waals surface area contributed by atoms with Crippen molar-refractivity contribution in [2.24, 2.45) is 0 Å². The van der Waals surface area contributed by atoms with Crippen molar-refractivity contribution in [3.8, 4) is 0 Å². The van der Waals surface area contributed by atoms with E-state index in [1.54, 1.807) is 0 Å². The molecule has 11 heteroatoms. The number of halogens is 6. The van der Waals surface area contributed by atoms with Crippen LogP contribution in [-0.4, -0.2) is 34.6 Å². The molecule has 3 rings (SSSR count). The first-order valence-corrected chi connectivity index (χ1v) is 9.31. The summed E-state index contributed by atoms with van der Waals surface area (Å²) in [6.45, 7) is 0.418. The fourth-order valence-electron chi connectivity index (χ4n) is 3.46. The molecule has 1 aromatic carbocycles. The Morgan fingerprint density at radius 3 is 2.50 bits per heavy atom. The average molecular weight is 435 g/mol. The third kappa shape index (κ3) is 4.89. The highest BCUT2D eigenvalue weighted by Gasteiger charge is 2.36. The molecule has 0 unspecified atom stereocenters. The van der Waals surface area contributed by atoms with Crippen LogP contribution in [0, 0.1) is 17.5 Å². The number of nitrogens with zero attached hydrogens (tertiary/aromatic N) is 2. The fraction of sp³-hybridized carbons (Fsp3) is 0.421. The molecule has 0 bridgehead atoms. The summed E-state index contributed by atoms with van der Waals surface area (Å²) in [5.41, 5.74) is 3.49. The number of aromatic nitrogens is 1. The highest BCUT2D eigenvalue weighted by Crippen LogP contribution is 2.32. The number of hydrogen-bond acceptors (Lipinski definition) is 1. The van der Waals surface area contributed by atoms with Crippen LogP contribution >= 0.6 is 0 Å². The lowest BCUT2D eigenvalue weighted by Gasteiger charge is -2.30. The van der Waals surface area contributed by atoms with Crippen molar-refractivity contribution < 1.29 is 36.9 Å². The predicted molar refractivity (Wildman–Crippen MR) is 94.6 cm³/mol. The Morgan fingerprint density at radius 1 is 1.10 bits per heavy atom. The summed E-state index contributed by atoms with van der Waals surface area (Å²) in [7, 11) is 0. The quantitative estimate of drug-likeness (QED) is 0.551. The van der Waals surface area contributed by atoms with Crippen LogP contribution in [0.15, 0.2) is 24.3 Å². The van der Waals surface area contributed by atoms with Gasteiger partial charge >= 0.3 is 12.2 Å². The van der Waals surface area contributed by atoms with E-state index in [0.29, 0.717) is 18.2 Å². The molecule has 0 saturated carbocycles. The monoisotopic (exact) mass is 435 g/mol. The first-order chi connectivity index (χ1) is 14.1. The van der Waals surface area contributed by atoms with Crippen molar-refractivity contribution in [2.45, 2.75) is 38.1 Å². The van der Waals surface area contributed by atoms with Crippen molar-refractivity contribution in [1.82, 2.24) is 14.8 Å². The second-order valence-corrected chi connectivity index (χ2v) is 7.23. The van der Waals surface area contributed by atoms with E-state index < -0.39 is 35.4 Å². The number of quaternary nitrogens is 1. The van der Waals surface area contributed by atoms with Gasteiger partial charge in [0.1, 0.15) is 11.5 Å². The van der Waals surface area contributed by atoms with Gasteiger partial charge in [-0.3, -0.25) is 0 Å². The Morgan fingerprint density at radius 2 is 1.80 bits per heavy atom. The standard InChI is InChI=1S/C19H20F6N4O/c20-14-9-16(22)15(21)8-11(14)7-12(26)3-4-27-18(30)28-5-6-29-13(10-28)1-2-17(29)19(23,24)25/h1-2,8-9,12H,3-7,10,26H2,(H,27,30)/p+1/t12-/m0/s1. The van der Waals surface area contributed by atoms with Gasteiger partial charge in [-0.2, -0.15) is 13.2 Å². The molecule has 2 aromatic rings. The fourth-order valence-corrected chi connectivity index (χ4v) is 3.46. The molecule has 1 aromatic heterocycles. The highest BCUT2D eigenvalue weighted by atomic mass is 19.4. The third-order valence-electron chi connectivity index (χ3n) is 5.02. The molecule has 1 aliphatic rings. The van der Waals surface area contributed by atoms with Crippen LogP contribution in [-0.2, 0) is 25.7 Å². The number of alkyl halides is 3. The van der Waals surface area contributed by atoms with Crippen LogP contribution < -0.4 is 11.1 Å². The Labute approximate surface area is 168 Å². The molecule has 2 heterocycles. The summed E-state index contributed by atoms with van der Waals surface area (Å²) >= 11 is 0. The molecule has 0 spiro atoms. The molecule has 0 aliphatic carbocycles. The molecule has 164 valence electrons. The number of fused-ring (bicyclic) bond motifs is 1. The van der Waals surface area contributed by atoms with E-state index in [0.717, 1.165) is 16.7 Å². The zero-order valence-electron chi connectivity index (χ0n) is 15.9. The van der Waals surface area contributed by atoms with Crippen LogP contribution in [0.4, 0.5) is 31.1 Å². The largest absolute Gasteiger partial charge is 0.431 e. The summed E-state index contributed by atoms with van der Waals surface area (Å²) < 4.78 is 79.9. The van der Waals surface area contributed by atoms with Gasteiger partial charge in [0.05, 0.1) is 12.6 Å². The van der Waals surface area contributed by atoms with Crippen LogP contribution in [0.5, 0.6) is 0 Å². The van der Waals surface area contributed by atoms with Gasteiger partial charge in [-0.1, -0.05) is 0 Å². The molecule has 2 amide bonds. The predicted octanol–water partition coefficient (Wildman–Crippen LogP) is 2.69. The summed E-state index contributed by atoms with van der Waals surface area (Å²) in [6.07, 6.45) is -4.03. The van der Waals surface area contributed by atoms with Gasteiger partial charge in [-0.25, -0.2) is 18.0 Å². The summed E-state index contributed by atoms with van der Waals surface area (Å²) in [5.74, 6) is -3.27. The van der Waals surface area contributed by atoms with Crippen LogP contribution in [0.25, 0.3) is 0 Å². The summed E-state index contributed by atoms with van der Waals surface area (Å²) in [4.78, 5) is 13.7. The Balaban J connectivity index is 1.48. The minimum absolute atomic E-state index is 0.00233. The topological polar surface area (TPSA) is 64.9 Å². The highest BCUT2D eigenvalue weighted by molar-refractivity contribution is 5.74. The first-order valence-electron chi connectivity index (χ1n) is 9.31. The summed E-state index contributed by atoms with van der Waals surface area (Å²) in [5, 5.41) is 2.66. The number of benzene rings is 1. The summed E-state index contributed by atoms with van der Waals surface area (Å²) in [6, 6.07) is 2.83. The number of amides is 2. The van der Waals surface area contributed by atoms with E-state index in [4.69, 9.17) is 0 Å². The van der Waals surface area contributed by atoms with Gasteiger partial charge in [0.2, 0.25) is 0 Å². The molecule has 0 radical (unpaired) electrons. The number of nitrogens with one attached hydrogen (secondary N) is 1. The zero-order chi connectivity index (χ0) is 22.1. The normalized spacial score (nSPS) is 15.1. The molecular formula is C19H21F6N4O+. The average Bonchev–Trinajstić information content (AvgIpc) is 3.09. The maximum absolute atomic E-state index is 13.7. The lowest BCUT2D eigenvalue weighted by Crippen LogP contribution is -2.63. The van der Waals surface area contributed by atoms with Crippen LogP contribution in [0.3, 0.4) is 0 Å². The van der Waals surface area contributed by atoms with Gasteiger partial charge in [-0.05, 0) is 23.8 Å². The van der Waals surface area contributed by atoms with Crippen LogP contribution in [0.2, 0.25) is 0 Å². The smallest absolute Gasteiger partial charge is 0.355 e. The number of hydrogen-bond donors (Lipinski definition) is 2. The Bertz CT molecular complexity index is 926. The molecule has 4 N–H and O–H groups in total.